The van der Waals surface area contributed by atoms with Crippen LogP contribution in [0.2, 0.25) is 0 Å². The SMILES string of the molecule is CC(=O)Nc1cccc(-c2nc(C)c(CCO)s2)c1. The fourth-order valence-electron chi connectivity index (χ4n) is 1.82. The molecular weight excluding hydrogens is 260 g/mol. The molecule has 2 rings (SSSR count). The van der Waals surface area contributed by atoms with Crippen LogP contribution in [0.15, 0.2) is 24.3 Å². The fraction of sp³-hybridized carbons (Fsp3) is 0.286. The fourth-order valence-corrected chi connectivity index (χ4v) is 2.87. The minimum Gasteiger partial charge on any atom is -0.396 e. The lowest BCUT2D eigenvalue weighted by Gasteiger charge is -2.03. The molecule has 1 amide bonds. The second-order valence-corrected chi connectivity index (χ2v) is 5.35. The van der Waals surface area contributed by atoms with Crippen LogP contribution in [0.25, 0.3) is 10.6 Å². The van der Waals surface area contributed by atoms with E-state index in [0.717, 1.165) is 26.8 Å². The smallest absolute Gasteiger partial charge is 0.221 e. The Labute approximate surface area is 116 Å². The van der Waals surface area contributed by atoms with Crippen molar-refractivity contribution in [3.63, 3.8) is 0 Å². The van der Waals surface area contributed by atoms with E-state index in [2.05, 4.69) is 10.3 Å². The topological polar surface area (TPSA) is 62.2 Å². The third kappa shape index (κ3) is 3.39. The molecule has 0 bridgehead atoms. The molecule has 0 atom stereocenters. The van der Waals surface area contributed by atoms with Crippen molar-refractivity contribution in [3.05, 3.63) is 34.8 Å². The van der Waals surface area contributed by atoms with Crippen LogP contribution < -0.4 is 5.32 Å². The molecule has 0 unspecified atom stereocenters. The number of nitrogens with zero attached hydrogens (tertiary/aromatic N) is 1. The van der Waals surface area contributed by atoms with E-state index >= 15 is 0 Å². The Hall–Kier alpha value is -1.72. The highest BCUT2D eigenvalue weighted by molar-refractivity contribution is 7.15. The first-order chi connectivity index (χ1) is 9.10. The van der Waals surface area contributed by atoms with Crippen molar-refractivity contribution in [1.29, 1.82) is 0 Å². The molecule has 0 aliphatic rings. The second-order valence-electron chi connectivity index (χ2n) is 4.26. The molecule has 0 fully saturated rings. The number of aromatic nitrogens is 1. The molecule has 0 aliphatic heterocycles. The summed E-state index contributed by atoms with van der Waals surface area (Å²) in [7, 11) is 0. The first-order valence-electron chi connectivity index (χ1n) is 6.05. The van der Waals surface area contributed by atoms with Gasteiger partial charge in [0.05, 0.1) is 5.69 Å². The zero-order chi connectivity index (χ0) is 13.8. The summed E-state index contributed by atoms with van der Waals surface area (Å²) in [6.45, 7) is 3.57. The summed E-state index contributed by atoms with van der Waals surface area (Å²) in [6, 6.07) is 7.61. The van der Waals surface area contributed by atoms with E-state index in [9.17, 15) is 4.79 Å². The predicted octanol–water partition coefficient (Wildman–Crippen LogP) is 2.61. The maximum absolute atomic E-state index is 11.1. The zero-order valence-corrected chi connectivity index (χ0v) is 11.8. The number of aryl methyl sites for hydroxylation is 1. The second kappa shape index (κ2) is 5.95. The zero-order valence-electron chi connectivity index (χ0n) is 10.9. The average Bonchev–Trinajstić information content (AvgIpc) is 2.71. The van der Waals surface area contributed by atoms with Crippen molar-refractivity contribution in [1.82, 2.24) is 4.98 Å². The Kier molecular flexibility index (Phi) is 4.29. The van der Waals surface area contributed by atoms with E-state index in [1.54, 1.807) is 11.3 Å². The van der Waals surface area contributed by atoms with E-state index in [1.165, 1.54) is 6.92 Å². The molecule has 1 heterocycles. The lowest BCUT2D eigenvalue weighted by Crippen LogP contribution is -2.05. The van der Waals surface area contributed by atoms with Crippen LogP contribution in [0.5, 0.6) is 0 Å². The van der Waals surface area contributed by atoms with Crippen LogP contribution in [0.3, 0.4) is 0 Å². The molecule has 1 aromatic carbocycles. The summed E-state index contributed by atoms with van der Waals surface area (Å²) in [5.74, 6) is -0.0894. The highest BCUT2D eigenvalue weighted by Gasteiger charge is 2.09. The average molecular weight is 276 g/mol. The molecule has 2 N–H and O–H groups in total. The molecule has 2 aromatic rings. The van der Waals surface area contributed by atoms with Gasteiger partial charge in [0, 0.05) is 36.1 Å². The third-order valence-electron chi connectivity index (χ3n) is 2.66. The number of benzene rings is 1. The summed E-state index contributed by atoms with van der Waals surface area (Å²) >= 11 is 1.58. The van der Waals surface area contributed by atoms with Crippen LogP contribution in [0.1, 0.15) is 17.5 Å². The number of hydrogen-bond acceptors (Lipinski definition) is 4. The summed E-state index contributed by atoms with van der Waals surface area (Å²) in [5, 5.41) is 12.7. The van der Waals surface area contributed by atoms with Crippen molar-refractivity contribution in [2.45, 2.75) is 20.3 Å². The van der Waals surface area contributed by atoms with Gasteiger partial charge in [0.15, 0.2) is 0 Å². The van der Waals surface area contributed by atoms with Gasteiger partial charge in [-0.3, -0.25) is 4.79 Å². The van der Waals surface area contributed by atoms with Gasteiger partial charge in [0.1, 0.15) is 5.01 Å². The molecule has 1 aromatic heterocycles. The van der Waals surface area contributed by atoms with Gasteiger partial charge in [-0.2, -0.15) is 0 Å². The van der Waals surface area contributed by atoms with Gasteiger partial charge < -0.3 is 10.4 Å². The van der Waals surface area contributed by atoms with Gasteiger partial charge >= 0.3 is 0 Å². The maximum Gasteiger partial charge on any atom is 0.221 e. The standard InChI is InChI=1S/C14H16N2O2S/c1-9-13(6-7-17)19-14(15-9)11-4-3-5-12(8-11)16-10(2)18/h3-5,8,17H,6-7H2,1-2H3,(H,16,18). The molecule has 100 valence electrons. The first-order valence-corrected chi connectivity index (χ1v) is 6.87. The molecule has 4 nitrogen and oxygen atoms in total. The van der Waals surface area contributed by atoms with E-state index in [1.807, 2.05) is 31.2 Å². The quantitative estimate of drug-likeness (QED) is 0.902. The van der Waals surface area contributed by atoms with E-state index in [4.69, 9.17) is 5.11 Å². The van der Waals surface area contributed by atoms with E-state index in [-0.39, 0.29) is 12.5 Å². The highest BCUT2D eigenvalue weighted by atomic mass is 32.1. The number of anilines is 1. The summed E-state index contributed by atoms with van der Waals surface area (Å²) in [4.78, 5) is 16.7. The van der Waals surface area contributed by atoms with Gasteiger partial charge in [0.25, 0.3) is 0 Å². The van der Waals surface area contributed by atoms with Gasteiger partial charge in [-0.25, -0.2) is 4.98 Å². The van der Waals surface area contributed by atoms with Gasteiger partial charge in [0.2, 0.25) is 5.91 Å². The number of hydrogen-bond donors (Lipinski definition) is 2. The van der Waals surface area contributed by atoms with Crippen LogP contribution in [-0.4, -0.2) is 22.6 Å². The van der Waals surface area contributed by atoms with Crippen molar-refractivity contribution < 1.29 is 9.90 Å². The summed E-state index contributed by atoms with van der Waals surface area (Å²) in [5.41, 5.74) is 2.70. The Morgan fingerprint density at radius 2 is 2.26 bits per heavy atom. The molecule has 0 saturated carbocycles. The normalized spacial score (nSPS) is 10.5. The van der Waals surface area contributed by atoms with Crippen molar-refractivity contribution in [3.8, 4) is 10.6 Å². The van der Waals surface area contributed by atoms with Crippen LogP contribution >= 0.6 is 11.3 Å². The maximum atomic E-state index is 11.1. The number of carbonyl (C=O) groups excluding carboxylic acids is 1. The number of aliphatic hydroxyl groups excluding tert-OH is 1. The number of nitrogens with one attached hydrogen (secondary N) is 1. The molecule has 19 heavy (non-hydrogen) atoms. The molecular formula is C14H16N2O2S. The Morgan fingerprint density at radius 3 is 2.95 bits per heavy atom. The lowest BCUT2D eigenvalue weighted by molar-refractivity contribution is -0.114. The Bertz CT molecular complexity index is 593. The molecule has 5 heteroatoms. The summed E-state index contributed by atoms with van der Waals surface area (Å²) in [6.07, 6.45) is 0.634. The number of carbonyl (C=O) groups is 1. The largest absolute Gasteiger partial charge is 0.396 e. The number of aliphatic hydroxyl groups is 1. The predicted molar refractivity (Wildman–Crippen MR) is 77.4 cm³/mol. The third-order valence-corrected chi connectivity index (χ3v) is 3.93. The van der Waals surface area contributed by atoms with E-state index in [0.29, 0.717) is 6.42 Å². The van der Waals surface area contributed by atoms with Gasteiger partial charge in [-0.05, 0) is 19.1 Å². The number of amides is 1. The Morgan fingerprint density at radius 1 is 1.47 bits per heavy atom. The van der Waals surface area contributed by atoms with Crippen LogP contribution in [0, 0.1) is 6.92 Å². The van der Waals surface area contributed by atoms with Gasteiger partial charge in [-0.1, -0.05) is 12.1 Å². The van der Waals surface area contributed by atoms with Crippen molar-refractivity contribution in [2.75, 3.05) is 11.9 Å². The summed E-state index contributed by atoms with van der Waals surface area (Å²) < 4.78 is 0. The lowest BCUT2D eigenvalue weighted by atomic mass is 10.2. The minimum absolute atomic E-state index is 0.0894. The monoisotopic (exact) mass is 276 g/mol. The van der Waals surface area contributed by atoms with Crippen LogP contribution in [-0.2, 0) is 11.2 Å². The van der Waals surface area contributed by atoms with E-state index < -0.39 is 0 Å². The van der Waals surface area contributed by atoms with Crippen molar-refractivity contribution >= 4 is 22.9 Å². The molecule has 0 spiro atoms. The molecule has 0 aliphatic carbocycles. The number of rotatable bonds is 4. The van der Waals surface area contributed by atoms with Crippen molar-refractivity contribution in [2.24, 2.45) is 0 Å². The Balaban J connectivity index is 2.30. The van der Waals surface area contributed by atoms with Gasteiger partial charge in [-0.15, -0.1) is 11.3 Å². The molecule has 0 radical (unpaired) electrons. The first kappa shape index (κ1) is 13.7. The number of thiazole rings is 1. The van der Waals surface area contributed by atoms with Crippen LogP contribution in [0.4, 0.5) is 5.69 Å². The molecule has 0 saturated heterocycles. The highest BCUT2D eigenvalue weighted by Crippen LogP contribution is 2.29. The minimum atomic E-state index is -0.0894.